The summed E-state index contributed by atoms with van der Waals surface area (Å²) in [6.07, 6.45) is 5.54. The molecule has 2 rings (SSSR count). The number of pyridine rings is 1. The van der Waals surface area contributed by atoms with Gasteiger partial charge in [0.05, 0.1) is 0 Å². The zero-order chi connectivity index (χ0) is 14.6. The number of aromatic nitrogens is 1. The lowest BCUT2D eigenvalue weighted by Gasteiger charge is -2.23. The van der Waals surface area contributed by atoms with Crippen molar-refractivity contribution in [1.29, 1.82) is 0 Å². The molecule has 0 radical (unpaired) electrons. The van der Waals surface area contributed by atoms with Crippen LogP contribution in [0.25, 0.3) is 6.08 Å². The number of carbonyl (C=O) groups is 1. The normalized spacial score (nSPS) is 19.0. The number of rotatable bonds is 3. The summed E-state index contributed by atoms with van der Waals surface area (Å²) in [5.74, 6) is 1.13. The van der Waals surface area contributed by atoms with E-state index in [9.17, 15) is 4.79 Å². The van der Waals surface area contributed by atoms with Crippen molar-refractivity contribution in [3.8, 4) is 0 Å². The Hall–Kier alpha value is -1.49. The van der Waals surface area contributed by atoms with E-state index in [-0.39, 0.29) is 0 Å². The van der Waals surface area contributed by atoms with Crippen LogP contribution in [0.5, 0.6) is 0 Å². The SMILES string of the molecule is CC1(C)CCN(c2ccc(/C=C/C(=O)O)cn2)CCS1. The van der Waals surface area contributed by atoms with Crippen molar-refractivity contribution >= 4 is 29.6 Å². The third kappa shape index (κ3) is 4.27. The lowest BCUT2D eigenvalue weighted by atomic mass is 10.1. The fraction of sp³-hybridized carbons (Fsp3) is 0.467. The van der Waals surface area contributed by atoms with Gasteiger partial charge < -0.3 is 10.0 Å². The van der Waals surface area contributed by atoms with Crippen molar-refractivity contribution in [1.82, 2.24) is 4.98 Å². The van der Waals surface area contributed by atoms with E-state index in [1.165, 1.54) is 0 Å². The van der Waals surface area contributed by atoms with Gasteiger partial charge in [-0.3, -0.25) is 0 Å². The van der Waals surface area contributed by atoms with E-state index in [0.717, 1.165) is 42.7 Å². The van der Waals surface area contributed by atoms with Gasteiger partial charge in [0.1, 0.15) is 5.82 Å². The molecule has 1 aromatic rings. The molecule has 0 aromatic carbocycles. The third-order valence-electron chi connectivity index (χ3n) is 3.35. The maximum absolute atomic E-state index is 10.5. The molecule has 1 N–H and O–H groups in total. The van der Waals surface area contributed by atoms with Gasteiger partial charge in [-0.15, -0.1) is 0 Å². The van der Waals surface area contributed by atoms with Crippen LogP contribution in [0.1, 0.15) is 25.8 Å². The van der Waals surface area contributed by atoms with E-state index in [4.69, 9.17) is 5.11 Å². The molecule has 1 aliphatic heterocycles. The summed E-state index contributed by atoms with van der Waals surface area (Å²) in [5.41, 5.74) is 0.806. The van der Waals surface area contributed by atoms with Gasteiger partial charge in [-0.25, -0.2) is 9.78 Å². The topological polar surface area (TPSA) is 53.4 Å². The summed E-state index contributed by atoms with van der Waals surface area (Å²) in [7, 11) is 0. The molecule has 0 saturated carbocycles. The largest absolute Gasteiger partial charge is 0.478 e. The number of hydrogen-bond donors (Lipinski definition) is 1. The number of thioether (sulfide) groups is 1. The number of hydrogen-bond acceptors (Lipinski definition) is 4. The minimum absolute atomic E-state index is 0.332. The molecule has 20 heavy (non-hydrogen) atoms. The first-order valence-corrected chi connectivity index (χ1v) is 7.71. The van der Waals surface area contributed by atoms with Crippen LogP contribution in [-0.2, 0) is 4.79 Å². The summed E-state index contributed by atoms with van der Waals surface area (Å²) in [4.78, 5) is 17.2. The van der Waals surface area contributed by atoms with E-state index in [1.807, 2.05) is 23.9 Å². The van der Waals surface area contributed by atoms with Gasteiger partial charge in [-0.1, -0.05) is 13.8 Å². The summed E-state index contributed by atoms with van der Waals surface area (Å²) >= 11 is 2.01. The molecule has 0 amide bonds. The minimum Gasteiger partial charge on any atom is -0.478 e. The molecular formula is C15H20N2O2S. The quantitative estimate of drug-likeness (QED) is 0.868. The van der Waals surface area contributed by atoms with Crippen LogP contribution in [0, 0.1) is 0 Å². The second kappa shape index (κ2) is 6.31. The maximum Gasteiger partial charge on any atom is 0.328 e. The highest BCUT2D eigenvalue weighted by atomic mass is 32.2. The minimum atomic E-state index is -0.944. The molecule has 0 unspecified atom stereocenters. The highest BCUT2D eigenvalue weighted by Crippen LogP contribution is 2.31. The second-order valence-electron chi connectivity index (χ2n) is 5.47. The maximum atomic E-state index is 10.5. The first kappa shape index (κ1) is 14.9. The Bertz CT molecular complexity index is 497. The number of carboxylic acids is 1. The predicted molar refractivity (Wildman–Crippen MR) is 84.3 cm³/mol. The van der Waals surface area contributed by atoms with Crippen LogP contribution in [0.4, 0.5) is 5.82 Å². The molecule has 4 nitrogen and oxygen atoms in total. The zero-order valence-corrected chi connectivity index (χ0v) is 12.7. The molecule has 1 aliphatic rings. The van der Waals surface area contributed by atoms with Crippen LogP contribution < -0.4 is 4.90 Å². The Labute approximate surface area is 123 Å². The van der Waals surface area contributed by atoms with Gasteiger partial charge in [0, 0.05) is 35.9 Å². The summed E-state index contributed by atoms with van der Waals surface area (Å²) < 4.78 is 0.332. The van der Waals surface area contributed by atoms with Crippen LogP contribution in [0.15, 0.2) is 24.4 Å². The molecule has 0 spiro atoms. The van der Waals surface area contributed by atoms with Crippen molar-refractivity contribution in [2.45, 2.75) is 25.0 Å². The van der Waals surface area contributed by atoms with E-state index in [2.05, 4.69) is 23.7 Å². The first-order chi connectivity index (χ1) is 9.46. The van der Waals surface area contributed by atoms with E-state index in [0.29, 0.717) is 4.75 Å². The highest BCUT2D eigenvalue weighted by molar-refractivity contribution is 8.00. The molecular weight excluding hydrogens is 272 g/mol. The number of nitrogens with zero attached hydrogens (tertiary/aromatic N) is 2. The van der Waals surface area contributed by atoms with Crippen molar-refractivity contribution in [3.63, 3.8) is 0 Å². The first-order valence-electron chi connectivity index (χ1n) is 6.72. The average Bonchev–Trinajstić information content (AvgIpc) is 2.58. The average molecular weight is 292 g/mol. The molecule has 5 heteroatoms. The van der Waals surface area contributed by atoms with E-state index >= 15 is 0 Å². The molecule has 2 heterocycles. The van der Waals surface area contributed by atoms with Crippen molar-refractivity contribution in [2.75, 3.05) is 23.7 Å². The van der Waals surface area contributed by atoms with Gasteiger partial charge in [0.2, 0.25) is 0 Å². The van der Waals surface area contributed by atoms with Gasteiger partial charge in [0.15, 0.2) is 0 Å². The van der Waals surface area contributed by atoms with Gasteiger partial charge in [-0.2, -0.15) is 11.8 Å². The van der Waals surface area contributed by atoms with Crippen LogP contribution >= 0.6 is 11.8 Å². The Morgan fingerprint density at radius 3 is 2.90 bits per heavy atom. The Kier molecular flexibility index (Phi) is 4.70. The molecule has 0 aliphatic carbocycles. The molecule has 0 bridgehead atoms. The molecule has 1 fully saturated rings. The smallest absolute Gasteiger partial charge is 0.328 e. The number of aliphatic carboxylic acids is 1. The van der Waals surface area contributed by atoms with Crippen molar-refractivity contribution in [3.05, 3.63) is 30.0 Å². The summed E-state index contributed by atoms with van der Waals surface area (Å²) in [5, 5.41) is 8.60. The molecule has 1 aromatic heterocycles. The van der Waals surface area contributed by atoms with Crippen LogP contribution in [-0.4, -0.2) is 39.6 Å². The van der Waals surface area contributed by atoms with Gasteiger partial charge in [-0.05, 0) is 30.2 Å². The second-order valence-corrected chi connectivity index (χ2v) is 7.27. The zero-order valence-electron chi connectivity index (χ0n) is 11.9. The fourth-order valence-corrected chi connectivity index (χ4v) is 3.20. The lowest BCUT2D eigenvalue weighted by molar-refractivity contribution is -0.131. The fourth-order valence-electron chi connectivity index (χ4n) is 2.10. The molecule has 108 valence electrons. The molecule has 1 saturated heterocycles. The molecule has 0 atom stereocenters. The lowest BCUT2D eigenvalue weighted by Crippen LogP contribution is -2.27. The monoisotopic (exact) mass is 292 g/mol. The van der Waals surface area contributed by atoms with Crippen molar-refractivity contribution < 1.29 is 9.90 Å². The summed E-state index contributed by atoms with van der Waals surface area (Å²) in [6.45, 7) is 6.59. The standard InChI is InChI=1S/C15H20N2O2S/c1-15(2)7-8-17(9-10-20-15)13-5-3-12(11-16-13)4-6-14(18)19/h3-6,11H,7-10H2,1-2H3,(H,18,19)/b6-4+. The van der Waals surface area contributed by atoms with E-state index in [1.54, 1.807) is 12.3 Å². The number of anilines is 1. The van der Waals surface area contributed by atoms with Crippen LogP contribution in [0.2, 0.25) is 0 Å². The Morgan fingerprint density at radius 2 is 2.25 bits per heavy atom. The van der Waals surface area contributed by atoms with E-state index < -0.39 is 5.97 Å². The van der Waals surface area contributed by atoms with Crippen molar-refractivity contribution in [2.24, 2.45) is 0 Å². The summed E-state index contributed by atoms with van der Waals surface area (Å²) in [6, 6.07) is 3.87. The van der Waals surface area contributed by atoms with Gasteiger partial charge >= 0.3 is 5.97 Å². The highest BCUT2D eigenvalue weighted by Gasteiger charge is 2.24. The Morgan fingerprint density at radius 1 is 1.45 bits per heavy atom. The Balaban J connectivity index is 2.04. The van der Waals surface area contributed by atoms with Crippen LogP contribution in [0.3, 0.4) is 0 Å². The number of carboxylic acid groups (broad SMARTS) is 1. The predicted octanol–water partition coefficient (Wildman–Crippen LogP) is 2.90. The third-order valence-corrected chi connectivity index (χ3v) is 4.72. The van der Waals surface area contributed by atoms with Gasteiger partial charge in [0.25, 0.3) is 0 Å².